The molecule has 2 aliphatic rings. The van der Waals surface area contributed by atoms with E-state index in [-0.39, 0.29) is 18.3 Å². The van der Waals surface area contributed by atoms with Gasteiger partial charge in [0.2, 0.25) is 0 Å². The second-order valence-electron chi connectivity index (χ2n) is 12.9. The van der Waals surface area contributed by atoms with Gasteiger partial charge in [0.1, 0.15) is 5.75 Å². The Morgan fingerprint density at radius 2 is 1.64 bits per heavy atom. The summed E-state index contributed by atoms with van der Waals surface area (Å²) in [6, 6.07) is 24.8. The Kier molecular flexibility index (Phi) is 13.9. The van der Waals surface area contributed by atoms with E-state index in [1.54, 1.807) is 6.08 Å². The zero-order chi connectivity index (χ0) is 35.3. The minimum absolute atomic E-state index is 0.0281. The zero-order valence-electron chi connectivity index (χ0n) is 30.3. The van der Waals surface area contributed by atoms with Gasteiger partial charge in [0.05, 0.1) is 11.8 Å². The lowest BCUT2D eigenvalue weighted by molar-refractivity contribution is -0.140. The summed E-state index contributed by atoms with van der Waals surface area (Å²) < 4.78 is 17.5. The van der Waals surface area contributed by atoms with Crippen molar-refractivity contribution in [2.45, 2.75) is 59.6 Å². The SMILES string of the molecule is C=C/C=C1\C(=C/CNCc2ccc(C(OCC)OCC)cc2)CCN1C(=O)c1cccc(CN2CCN(c3ccccc3OC(C)C)CC2)c1. The van der Waals surface area contributed by atoms with E-state index >= 15 is 0 Å². The fraction of sp³-hybridized carbons (Fsp3) is 0.405. The van der Waals surface area contributed by atoms with Crippen LogP contribution in [0.2, 0.25) is 0 Å². The number of nitrogens with one attached hydrogen (secondary N) is 1. The van der Waals surface area contributed by atoms with Crippen molar-refractivity contribution in [1.29, 1.82) is 0 Å². The van der Waals surface area contributed by atoms with E-state index in [1.165, 1.54) is 5.56 Å². The van der Waals surface area contributed by atoms with Crippen LogP contribution in [0.25, 0.3) is 0 Å². The van der Waals surface area contributed by atoms with Gasteiger partial charge in [-0.25, -0.2) is 0 Å². The molecule has 0 aromatic heterocycles. The summed E-state index contributed by atoms with van der Waals surface area (Å²) in [6.07, 6.45) is 6.54. The van der Waals surface area contributed by atoms with Crippen molar-refractivity contribution in [2.75, 3.05) is 57.4 Å². The first-order chi connectivity index (χ1) is 24.4. The van der Waals surface area contributed by atoms with Crippen molar-refractivity contribution >= 4 is 11.6 Å². The highest BCUT2D eigenvalue weighted by molar-refractivity contribution is 5.96. The lowest BCUT2D eigenvalue weighted by Crippen LogP contribution is -2.46. The van der Waals surface area contributed by atoms with Crippen LogP contribution >= 0.6 is 0 Å². The third kappa shape index (κ3) is 9.94. The summed E-state index contributed by atoms with van der Waals surface area (Å²) in [5.74, 6) is 0.972. The smallest absolute Gasteiger partial charge is 0.258 e. The Bertz CT molecular complexity index is 1600. The van der Waals surface area contributed by atoms with Gasteiger partial charge in [0.25, 0.3) is 5.91 Å². The predicted octanol–water partition coefficient (Wildman–Crippen LogP) is 7.50. The van der Waals surface area contributed by atoms with Gasteiger partial charge in [-0.1, -0.05) is 67.3 Å². The van der Waals surface area contributed by atoms with Crippen molar-refractivity contribution in [3.8, 4) is 5.75 Å². The van der Waals surface area contributed by atoms with Gasteiger partial charge in [0, 0.05) is 82.4 Å². The first kappa shape index (κ1) is 37.1. The quantitative estimate of drug-likeness (QED) is 0.124. The fourth-order valence-electron chi connectivity index (χ4n) is 6.56. The fourth-order valence-corrected chi connectivity index (χ4v) is 6.56. The van der Waals surface area contributed by atoms with Crippen molar-refractivity contribution < 1.29 is 19.0 Å². The molecule has 8 nitrogen and oxygen atoms in total. The van der Waals surface area contributed by atoms with Crippen LogP contribution in [0.4, 0.5) is 5.69 Å². The normalized spacial score (nSPS) is 17.0. The van der Waals surface area contributed by atoms with Crippen molar-refractivity contribution in [1.82, 2.24) is 15.1 Å². The number of piperazine rings is 1. The highest BCUT2D eigenvalue weighted by Crippen LogP contribution is 2.31. The first-order valence-electron chi connectivity index (χ1n) is 18.1. The Hall–Kier alpha value is -4.21. The number of ether oxygens (including phenoxy) is 3. The molecule has 1 N–H and O–H groups in total. The molecule has 3 aromatic carbocycles. The predicted molar refractivity (Wildman–Crippen MR) is 202 cm³/mol. The summed E-state index contributed by atoms with van der Waals surface area (Å²) in [5.41, 5.74) is 7.33. The molecule has 0 radical (unpaired) electrons. The van der Waals surface area contributed by atoms with Gasteiger partial charge in [-0.15, -0.1) is 0 Å². The Morgan fingerprint density at radius 1 is 0.900 bits per heavy atom. The number of allylic oxidation sites excluding steroid dienone is 3. The highest BCUT2D eigenvalue weighted by Gasteiger charge is 2.28. The molecule has 0 saturated carbocycles. The molecule has 0 unspecified atom stereocenters. The lowest BCUT2D eigenvalue weighted by atomic mass is 10.1. The molecule has 2 fully saturated rings. The van der Waals surface area contributed by atoms with E-state index < -0.39 is 0 Å². The summed E-state index contributed by atoms with van der Waals surface area (Å²) in [5, 5.41) is 3.52. The number of likely N-dealkylation sites (tertiary alicyclic amines) is 1. The number of para-hydroxylation sites is 2. The van der Waals surface area contributed by atoms with E-state index in [9.17, 15) is 4.79 Å². The molecule has 0 aliphatic carbocycles. The van der Waals surface area contributed by atoms with E-state index in [1.807, 2.05) is 43.0 Å². The number of carbonyl (C=O) groups is 1. The number of amides is 1. The summed E-state index contributed by atoms with van der Waals surface area (Å²) in [6.45, 7) is 19.9. The van der Waals surface area contributed by atoms with Crippen LogP contribution in [0.3, 0.4) is 0 Å². The number of anilines is 1. The van der Waals surface area contributed by atoms with Crippen LogP contribution in [0.5, 0.6) is 5.75 Å². The maximum absolute atomic E-state index is 13.9. The van der Waals surface area contributed by atoms with Gasteiger partial charge in [-0.3, -0.25) is 9.69 Å². The molecule has 2 saturated heterocycles. The number of hydrogen-bond acceptors (Lipinski definition) is 7. The summed E-state index contributed by atoms with van der Waals surface area (Å²) in [7, 11) is 0. The molecule has 2 heterocycles. The largest absolute Gasteiger partial charge is 0.489 e. The van der Waals surface area contributed by atoms with Crippen molar-refractivity contribution in [3.63, 3.8) is 0 Å². The third-order valence-electron chi connectivity index (χ3n) is 8.98. The topological polar surface area (TPSA) is 66.5 Å². The standard InChI is InChI=1S/C42H54N4O4/c1-6-12-38-35(21-23-43-30-33-17-19-36(20-18-33)42(48-7-2)49-8-3)22-24-46(38)41(47)37-14-11-13-34(29-37)31-44-25-27-45(28-26-44)39-15-9-10-16-40(39)50-32(4)5/h6,9-21,29,32,42-43H,1,7-8,22-28,30-31H2,2-5H3/b35-21-,38-12+. The van der Waals surface area contributed by atoms with Crippen LogP contribution in [0.1, 0.15) is 67.5 Å². The molecule has 0 bridgehead atoms. The van der Waals surface area contributed by atoms with Crippen molar-refractivity contribution in [2.24, 2.45) is 0 Å². The monoisotopic (exact) mass is 678 g/mol. The number of rotatable bonds is 16. The van der Waals surface area contributed by atoms with Crippen molar-refractivity contribution in [3.05, 3.63) is 131 Å². The number of benzene rings is 3. The molecular weight excluding hydrogens is 624 g/mol. The Morgan fingerprint density at radius 3 is 2.34 bits per heavy atom. The molecule has 0 spiro atoms. The molecule has 1 amide bonds. The van der Waals surface area contributed by atoms with Gasteiger partial charge in [0.15, 0.2) is 6.29 Å². The molecule has 8 heteroatoms. The summed E-state index contributed by atoms with van der Waals surface area (Å²) in [4.78, 5) is 20.6. The highest BCUT2D eigenvalue weighted by atomic mass is 16.7. The maximum Gasteiger partial charge on any atom is 0.258 e. The minimum atomic E-state index is -0.330. The van der Waals surface area contributed by atoms with Gasteiger partial charge >= 0.3 is 0 Å². The molecule has 3 aromatic rings. The molecule has 2 aliphatic heterocycles. The number of nitrogens with zero attached hydrogens (tertiary/aromatic N) is 3. The first-order valence-corrected chi connectivity index (χ1v) is 18.1. The summed E-state index contributed by atoms with van der Waals surface area (Å²) >= 11 is 0. The van der Waals surface area contributed by atoms with Gasteiger partial charge in [-0.2, -0.15) is 0 Å². The van der Waals surface area contributed by atoms with E-state index in [2.05, 4.69) is 96.2 Å². The third-order valence-corrected chi connectivity index (χ3v) is 8.98. The molecule has 266 valence electrons. The van der Waals surface area contributed by atoms with Gasteiger partial charge in [-0.05, 0) is 81.2 Å². The zero-order valence-corrected chi connectivity index (χ0v) is 30.3. The van der Waals surface area contributed by atoms with E-state index in [0.29, 0.717) is 26.3 Å². The second kappa shape index (κ2) is 18.7. The molecule has 50 heavy (non-hydrogen) atoms. The number of carbonyl (C=O) groups excluding carboxylic acids is 1. The van der Waals surface area contributed by atoms with Crippen LogP contribution in [-0.4, -0.2) is 74.3 Å². The molecular formula is C42H54N4O4. The lowest BCUT2D eigenvalue weighted by Gasteiger charge is -2.37. The van der Waals surface area contributed by atoms with Crippen LogP contribution in [0.15, 0.2) is 109 Å². The molecule has 0 atom stereocenters. The Balaban J connectivity index is 1.14. The van der Waals surface area contributed by atoms with E-state index in [0.717, 1.165) is 85.1 Å². The van der Waals surface area contributed by atoms with Crippen LogP contribution in [-0.2, 0) is 22.6 Å². The van der Waals surface area contributed by atoms with Crippen LogP contribution < -0.4 is 15.0 Å². The van der Waals surface area contributed by atoms with Gasteiger partial charge < -0.3 is 29.3 Å². The Labute approximate surface area is 299 Å². The average Bonchev–Trinajstić information content (AvgIpc) is 3.52. The molecule has 5 rings (SSSR count). The van der Waals surface area contributed by atoms with Crippen LogP contribution in [0, 0.1) is 0 Å². The number of hydrogen-bond donors (Lipinski definition) is 1. The van der Waals surface area contributed by atoms with E-state index in [4.69, 9.17) is 14.2 Å². The average molecular weight is 679 g/mol. The second-order valence-corrected chi connectivity index (χ2v) is 12.9. The maximum atomic E-state index is 13.9. The minimum Gasteiger partial charge on any atom is -0.489 e.